The van der Waals surface area contributed by atoms with Crippen LogP contribution in [0.3, 0.4) is 0 Å². The topological polar surface area (TPSA) is 70.7 Å². The highest BCUT2D eigenvalue weighted by Crippen LogP contribution is 2.11. The number of ether oxygens (including phenoxy) is 1. The molecular weight excluding hydrogens is 266 g/mol. The summed E-state index contributed by atoms with van der Waals surface area (Å²) in [5, 5.41) is 3.29. The molecule has 2 rings (SSSR count). The number of nitrogens with zero attached hydrogens (tertiary/aromatic N) is 1. The summed E-state index contributed by atoms with van der Waals surface area (Å²) in [7, 11) is -3.25. The number of rotatable bonds is 7. The van der Waals surface area contributed by atoms with Gasteiger partial charge in [0.2, 0.25) is 0 Å². The lowest BCUT2D eigenvalue weighted by Crippen LogP contribution is -2.39. The van der Waals surface area contributed by atoms with Gasteiger partial charge in [-0.05, 0) is 45.2 Å². The van der Waals surface area contributed by atoms with Crippen LogP contribution >= 0.6 is 0 Å². The average Bonchev–Trinajstić information content (AvgIpc) is 2.94. The second-order valence-electron chi connectivity index (χ2n) is 5.18. The molecular formula is C12H25N3O3S. The molecule has 0 aromatic carbocycles. The van der Waals surface area contributed by atoms with Gasteiger partial charge in [0.25, 0.3) is 10.2 Å². The molecule has 0 amide bonds. The van der Waals surface area contributed by atoms with Crippen molar-refractivity contribution in [2.24, 2.45) is 0 Å². The van der Waals surface area contributed by atoms with E-state index in [9.17, 15) is 8.42 Å². The SMILES string of the molecule is O=S(=O)(NCCCOC1CCNCC1)N1CCCC1. The molecule has 2 N–H and O–H groups in total. The Hall–Kier alpha value is -0.210. The number of piperidine rings is 1. The van der Waals surface area contributed by atoms with E-state index in [0.717, 1.165) is 45.2 Å². The van der Waals surface area contributed by atoms with Gasteiger partial charge in [-0.15, -0.1) is 0 Å². The van der Waals surface area contributed by atoms with Gasteiger partial charge in [0.05, 0.1) is 6.10 Å². The predicted octanol–water partition coefficient (Wildman–Crippen LogP) is 0.0753. The Morgan fingerprint density at radius 1 is 1.21 bits per heavy atom. The van der Waals surface area contributed by atoms with Gasteiger partial charge in [0, 0.05) is 26.2 Å². The van der Waals surface area contributed by atoms with Crippen LogP contribution < -0.4 is 10.0 Å². The summed E-state index contributed by atoms with van der Waals surface area (Å²) in [4.78, 5) is 0. The van der Waals surface area contributed by atoms with E-state index in [-0.39, 0.29) is 0 Å². The lowest BCUT2D eigenvalue weighted by atomic mass is 10.1. The Bertz CT molecular complexity index is 349. The Balaban J connectivity index is 1.55. The van der Waals surface area contributed by atoms with Gasteiger partial charge in [0.15, 0.2) is 0 Å². The van der Waals surface area contributed by atoms with E-state index in [2.05, 4.69) is 10.0 Å². The molecule has 2 heterocycles. The van der Waals surface area contributed by atoms with Gasteiger partial charge >= 0.3 is 0 Å². The van der Waals surface area contributed by atoms with E-state index in [1.54, 1.807) is 0 Å². The summed E-state index contributed by atoms with van der Waals surface area (Å²) in [6.45, 7) is 4.44. The van der Waals surface area contributed by atoms with Gasteiger partial charge in [-0.2, -0.15) is 12.7 Å². The minimum absolute atomic E-state index is 0.344. The lowest BCUT2D eigenvalue weighted by Gasteiger charge is -2.23. The van der Waals surface area contributed by atoms with Crippen molar-refractivity contribution in [3.8, 4) is 0 Å². The maximum Gasteiger partial charge on any atom is 0.279 e. The molecule has 0 aromatic heterocycles. The lowest BCUT2D eigenvalue weighted by molar-refractivity contribution is 0.0322. The van der Waals surface area contributed by atoms with Crippen molar-refractivity contribution in [3.63, 3.8) is 0 Å². The Kier molecular flexibility index (Phi) is 6.03. The van der Waals surface area contributed by atoms with Crippen molar-refractivity contribution in [2.45, 2.75) is 38.2 Å². The molecule has 0 atom stereocenters. The van der Waals surface area contributed by atoms with Crippen molar-refractivity contribution in [1.29, 1.82) is 0 Å². The van der Waals surface area contributed by atoms with Crippen molar-refractivity contribution < 1.29 is 13.2 Å². The van der Waals surface area contributed by atoms with Gasteiger partial charge < -0.3 is 10.1 Å². The molecule has 2 aliphatic heterocycles. The van der Waals surface area contributed by atoms with Crippen LogP contribution in [0.4, 0.5) is 0 Å². The molecule has 6 nitrogen and oxygen atoms in total. The summed E-state index contributed by atoms with van der Waals surface area (Å²) < 4.78 is 33.6. The largest absolute Gasteiger partial charge is 0.378 e. The fourth-order valence-electron chi connectivity index (χ4n) is 2.51. The highest BCUT2D eigenvalue weighted by Gasteiger charge is 2.24. The normalized spacial score (nSPS) is 22.9. The molecule has 0 aromatic rings. The molecule has 2 aliphatic rings. The molecule has 0 saturated carbocycles. The number of nitrogens with one attached hydrogen (secondary N) is 2. The third-order valence-electron chi connectivity index (χ3n) is 3.65. The summed E-state index contributed by atoms with van der Waals surface area (Å²) in [5.41, 5.74) is 0. The first-order chi connectivity index (χ1) is 9.18. The van der Waals surface area contributed by atoms with Crippen LogP contribution in [-0.4, -0.2) is 58.2 Å². The average molecular weight is 291 g/mol. The minimum atomic E-state index is -3.25. The molecule has 112 valence electrons. The monoisotopic (exact) mass is 291 g/mol. The van der Waals surface area contributed by atoms with Gasteiger partial charge in [-0.25, -0.2) is 4.72 Å². The van der Waals surface area contributed by atoms with E-state index in [1.807, 2.05) is 0 Å². The molecule has 0 bridgehead atoms. The van der Waals surface area contributed by atoms with E-state index in [1.165, 1.54) is 4.31 Å². The van der Waals surface area contributed by atoms with Gasteiger partial charge in [0.1, 0.15) is 0 Å². The van der Waals surface area contributed by atoms with Crippen LogP contribution in [0.5, 0.6) is 0 Å². The van der Waals surface area contributed by atoms with Crippen molar-refractivity contribution in [3.05, 3.63) is 0 Å². The second kappa shape index (κ2) is 7.54. The summed E-state index contributed by atoms with van der Waals surface area (Å²) in [6, 6.07) is 0. The van der Waals surface area contributed by atoms with Crippen LogP contribution in [0, 0.1) is 0 Å². The number of hydrogen-bond acceptors (Lipinski definition) is 4. The molecule has 19 heavy (non-hydrogen) atoms. The van der Waals surface area contributed by atoms with Crippen LogP contribution in [0.1, 0.15) is 32.1 Å². The first-order valence-electron chi connectivity index (χ1n) is 7.25. The minimum Gasteiger partial charge on any atom is -0.378 e. The van der Waals surface area contributed by atoms with Crippen LogP contribution in [-0.2, 0) is 14.9 Å². The van der Waals surface area contributed by atoms with E-state index < -0.39 is 10.2 Å². The first kappa shape index (κ1) is 15.2. The van der Waals surface area contributed by atoms with Gasteiger partial charge in [-0.1, -0.05) is 0 Å². The van der Waals surface area contributed by atoms with Crippen LogP contribution in [0.25, 0.3) is 0 Å². The molecule has 0 unspecified atom stereocenters. The van der Waals surface area contributed by atoms with Crippen molar-refractivity contribution >= 4 is 10.2 Å². The quantitative estimate of drug-likeness (QED) is 0.652. The highest BCUT2D eigenvalue weighted by molar-refractivity contribution is 7.87. The summed E-state index contributed by atoms with van der Waals surface area (Å²) in [6.07, 6.45) is 5.13. The maximum atomic E-state index is 11.9. The van der Waals surface area contributed by atoms with Crippen molar-refractivity contribution in [2.75, 3.05) is 39.3 Å². The second-order valence-corrected chi connectivity index (χ2v) is 6.93. The van der Waals surface area contributed by atoms with Crippen LogP contribution in [0.2, 0.25) is 0 Å². The molecule has 0 spiro atoms. The standard InChI is InChI=1S/C12H25N3O3S/c16-19(17,15-9-1-2-10-15)14-6-3-11-18-12-4-7-13-8-5-12/h12-14H,1-11H2. The third-order valence-corrected chi connectivity index (χ3v) is 5.26. The van der Waals surface area contributed by atoms with Crippen LogP contribution in [0.15, 0.2) is 0 Å². The molecule has 0 radical (unpaired) electrons. The summed E-state index contributed by atoms with van der Waals surface area (Å²) >= 11 is 0. The Labute approximate surface area is 116 Å². The summed E-state index contributed by atoms with van der Waals surface area (Å²) in [5.74, 6) is 0. The molecule has 2 saturated heterocycles. The zero-order valence-corrected chi connectivity index (χ0v) is 12.3. The van der Waals surface area contributed by atoms with E-state index >= 15 is 0 Å². The fraction of sp³-hybridized carbons (Fsp3) is 1.00. The third kappa shape index (κ3) is 5.00. The highest BCUT2D eigenvalue weighted by atomic mass is 32.2. The predicted molar refractivity (Wildman–Crippen MR) is 74.2 cm³/mol. The van der Waals surface area contributed by atoms with E-state index in [4.69, 9.17) is 4.74 Å². The van der Waals surface area contributed by atoms with Crippen molar-refractivity contribution in [1.82, 2.24) is 14.3 Å². The first-order valence-corrected chi connectivity index (χ1v) is 8.69. The zero-order valence-electron chi connectivity index (χ0n) is 11.4. The van der Waals surface area contributed by atoms with E-state index in [0.29, 0.717) is 32.3 Å². The number of hydrogen-bond donors (Lipinski definition) is 2. The smallest absolute Gasteiger partial charge is 0.279 e. The Morgan fingerprint density at radius 2 is 1.89 bits per heavy atom. The maximum absolute atomic E-state index is 11.9. The molecule has 2 fully saturated rings. The fourth-order valence-corrected chi connectivity index (χ4v) is 3.83. The molecule has 0 aliphatic carbocycles. The molecule has 7 heteroatoms. The Morgan fingerprint density at radius 3 is 2.58 bits per heavy atom. The zero-order chi connectivity index (χ0) is 13.6. The van der Waals surface area contributed by atoms with Gasteiger partial charge in [-0.3, -0.25) is 0 Å².